The van der Waals surface area contributed by atoms with Gasteiger partial charge in [0.15, 0.2) is 0 Å². The minimum absolute atomic E-state index is 0.0251. The lowest BCUT2D eigenvalue weighted by Crippen LogP contribution is -2.42. The minimum atomic E-state index is 0.0251. The van der Waals surface area contributed by atoms with E-state index in [0.29, 0.717) is 0 Å². The Bertz CT molecular complexity index is 128. The van der Waals surface area contributed by atoms with E-state index < -0.39 is 0 Å². The molecule has 2 heteroatoms. The second-order valence-electron chi connectivity index (χ2n) is 4.30. The van der Waals surface area contributed by atoms with Crippen LogP contribution in [0.2, 0.25) is 0 Å². The van der Waals surface area contributed by atoms with Crippen LogP contribution in [0.15, 0.2) is 0 Å². The molecule has 0 aliphatic carbocycles. The highest BCUT2D eigenvalue weighted by molar-refractivity contribution is 4.75. The molecule has 2 nitrogen and oxygen atoms in total. The van der Waals surface area contributed by atoms with Crippen LogP contribution in [-0.4, -0.2) is 37.2 Å². The topological polar surface area (TPSA) is 12.5 Å². The maximum absolute atomic E-state index is 5.40. The number of likely N-dealkylation sites (tertiary alicyclic amines) is 1. The van der Waals surface area contributed by atoms with Crippen molar-refractivity contribution >= 4 is 0 Å². The summed E-state index contributed by atoms with van der Waals surface area (Å²) in [6.45, 7) is 7.90. The first-order valence-corrected chi connectivity index (χ1v) is 4.91. The fraction of sp³-hybridized carbons (Fsp3) is 1.00. The van der Waals surface area contributed by atoms with E-state index in [1.165, 1.54) is 32.4 Å². The third-order valence-electron chi connectivity index (χ3n) is 2.61. The average molecular weight is 171 g/mol. The summed E-state index contributed by atoms with van der Waals surface area (Å²) in [5, 5.41) is 0. The Morgan fingerprint density at radius 1 is 1.17 bits per heavy atom. The van der Waals surface area contributed by atoms with Crippen LogP contribution in [-0.2, 0) is 4.74 Å². The highest BCUT2D eigenvalue weighted by atomic mass is 16.5. The number of nitrogens with zero attached hydrogens (tertiary/aromatic N) is 1. The molecule has 0 aromatic rings. The molecule has 1 aliphatic heterocycles. The summed E-state index contributed by atoms with van der Waals surface area (Å²) in [5.74, 6) is 0. The van der Waals surface area contributed by atoms with Crippen molar-refractivity contribution in [1.29, 1.82) is 0 Å². The van der Waals surface area contributed by atoms with Gasteiger partial charge in [0, 0.05) is 13.7 Å². The molecular weight excluding hydrogens is 150 g/mol. The number of piperidine rings is 1. The third-order valence-corrected chi connectivity index (χ3v) is 2.61. The van der Waals surface area contributed by atoms with E-state index in [9.17, 15) is 0 Å². The fourth-order valence-electron chi connectivity index (χ4n) is 1.72. The first kappa shape index (κ1) is 10.0. The standard InChI is InChI=1S/C10H21NO/c1-10(2,12-3)9-11-7-5-4-6-8-11/h4-9H2,1-3H3. The molecule has 0 bridgehead atoms. The molecular formula is C10H21NO. The van der Waals surface area contributed by atoms with Crippen molar-refractivity contribution in [2.75, 3.05) is 26.7 Å². The summed E-state index contributed by atoms with van der Waals surface area (Å²) in [6, 6.07) is 0. The van der Waals surface area contributed by atoms with Crippen molar-refractivity contribution in [2.45, 2.75) is 38.7 Å². The number of hydrogen-bond donors (Lipinski definition) is 0. The van der Waals surface area contributed by atoms with Gasteiger partial charge < -0.3 is 9.64 Å². The van der Waals surface area contributed by atoms with E-state index >= 15 is 0 Å². The van der Waals surface area contributed by atoms with E-state index in [-0.39, 0.29) is 5.60 Å². The largest absolute Gasteiger partial charge is 0.377 e. The smallest absolute Gasteiger partial charge is 0.0749 e. The Labute approximate surface area is 75.9 Å². The number of methoxy groups -OCH3 is 1. The van der Waals surface area contributed by atoms with E-state index in [2.05, 4.69) is 18.7 Å². The van der Waals surface area contributed by atoms with E-state index in [1.54, 1.807) is 7.11 Å². The number of hydrogen-bond acceptors (Lipinski definition) is 2. The first-order chi connectivity index (χ1) is 5.64. The molecule has 1 aliphatic rings. The number of ether oxygens (including phenoxy) is 1. The van der Waals surface area contributed by atoms with Crippen LogP contribution >= 0.6 is 0 Å². The predicted molar refractivity (Wildman–Crippen MR) is 51.4 cm³/mol. The zero-order valence-corrected chi connectivity index (χ0v) is 8.60. The minimum Gasteiger partial charge on any atom is -0.377 e. The van der Waals surface area contributed by atoms with Crippen molar-refractivity contribution in [3.63, 3.8) is 0 Å². The summed E-state index contributed by atoms with van der Waals surface area (Å²) >= 11 is 0. The summed E-state index contributed by atoms with van der Waals surface area (Å²) in [4.78, 5) is 2.51. The third kappa shape index (κ3) is 3.11. The van der Waals surface area contributed by atoms with Crippen LogP contribution < -0.4 is 0 Å². The molecule has 0 unspecified atom stereocenters. The Morgan fingerprint density at radius 3 is 2.25 bits per heavy atom. The van der Waals surface area contributed by atoms with Crippen LogP contribution in [0.3, 0.4) is 0 Å². The zero-order chi connectivity index (χ0) is 9.03. The van der Waals surface area contributed by atoms with Gasteiger partial charge in [-0.3, -0.25) is 0 Å². The lowest BCUT2D eigenvalue weighted by atomic mass is 10.1. The molecule has 0 atom stereocenters. The van der Waals surface area contributed by atoms with Crippen molar-refractivity contribution in [2.24, 2.45) is 0 Å². The van der Waals surface area contributed by atoms with Crippen LogP contribution in [0.4, 0.5) is 0 Å². The predicted octanol–water partition coefficient (Wildman–Crippen LogP) is 1.90. The lowest BCUT2D eigenvalue weighted by molar-refractivity contribution is -0.0113. The lowest BCUT2D eigenvalue weighted by Gasteiger charge is -2.33. The van der Waals surface area contributed by atoms with Crippen molar-refractivity contribution in [1.82, 2.24) is 4.90 Å². The fourth-order valence-corrected chi connectivity index (χ4v) is 1.72. The normalized spacial score (nSPS) is 21.2. The molecule has 1 rings (SSSR count). The molecule has 72 valence electrons. The average Bonchev–Trinajstić information content (AvgIpc) is 2.06. The highest BCUT2D eigenvalue weighted by Gasteiger charge is 2.21. The number of rotatable bonds is 3. The molecule has 0 spiro atoms. The Kier molecular flexibility index (Phi) is 3.53. The Balaban J connectivity index is 2.28. The van der Waals surface area contributed by atoms with Gasteiger partial charge in [-0.05, 0) is 39.8 Å². The molecule has 0 saturated carbocycles. The van der Waals surface area contributed by atoms with Gasteiger partial charge in [0.25, 0.3) is 0 Å². The zero-order valence-electron chi connectivity index (χ0n) is 8.60. The van der Waals surface area contributed by atoms with Gasteiger partial charge in [0.1, 0.15) is 0 Å². The van der Waals surface area contributed by atoms with Crippen LogP contribution in [0.5, 0.6) is 0 Å². The van der Waals surface area contributed by atoms with Gasteiger partial charge in [-0.2, -0.15) is 0 Å². The van der Waals surface area contributed by atoms with Crippen LogP contribution in [0.25, 0.3) is 0 Å². The highest BCUT2D eigenvalue weighted by Crippen LogP contribution is 2.14. The Morgan fingerprint density at radius 2 is 1.75 bits per heavy atom. The van der Waals surface area contributed by atoms with Crippen LogP contribution in [0.1, 0.15) is 33.1 Å². The second-order valence-corrected chi connectivity index (χ2v) is 4.30. The maximum atomic E-state index is 5.40. The van der Waals surface area contributed by atoms with Crippen molar-refractivity contribution in [3.05, 3.63) is 0 Å². The van der Waals surface area contributed by atoms with Gasteiger partial charge in [-0.15, -0.1) is 0 Å². The van der Waals surface area contributed by atoms with Gasteiger partial charge in [0.05, 0.1) is 5.60 Å². The SMILES string of the molecule is COC(C)(C)CN1CCCCC1. The van der Waals surface area contributed by atoms with Crippen LogP contribution in [0, 0.1) is 0 Å². The molecule has 0 radical (unpaired) electrons. The van der Waals surface area contributed by atoms with E-state index in [0.717, 1.165) is 6.54 Å². The summed E-state index contributed by atoms with van der Waals surface area (Å²) in [6.07, 6.45) is 4.13. The van der Waals surface area contributed by atoms with E-state index in [4.69, 9.17) is 4.74 Å². The van der Waals surface area contributed by atoms with Gasteiger partial charge >= 0.3 is 0 Å². The van der Waals surface area contributed by atoms with Gasteiger partial charge in [0.2, 0.25) is 0 Å². The molecule has 0 amide bonds. The quantitative estimate of drug-likeness (QED) is 0.643. The van der Waals surface area contributed by atoms with Gasteiger partial charge in [-0.25, -0.2) is 0 Å². The summed E-state index contributed by atoms with van der Waals surface area (Å²) in [7, 11) is 1.80. The molecule has 1 fully saturated rings. The first-order valence-electron chi connectivity index (χ1n) is 4.91. The van der Waals surface area contributed by atoms with E-state index in [1.807, 2.05) is 0 Å². The molecule has 0 N–H and O–H groups in total. The summed E-state index contributed by atoms with van der Waals surface area (Å²) in [5.41, 5.74) is 0.0251. The molecule has 12 heavy (non-hydrogen) atoms. The summed E-state index contributed by atoms with van der Waals surface area (Å²) < 4.78 is 5.40. The second kappa shape index (κ2) is 4.24. The van der Waals surface area contributed by atoms with Gasteiger partial charge in [-0.1, -0.05) is 6.42 Å². The molecule has 1 saturated heterocycles. The molecule has 1 heterocycles. The van der Waals surface area contributed by atoms with Crippen molar-refractivity contribution < 1.29 is 4.74 Å². The van der Waals surface area contributed by atoms with Crippen molar-refractivity contribution in [3.8, 4) is 0 Å². The monoisotopic (exact) mass is 171 g/mol. The molecule has 0 aromatic heterocycles. The Hall–Kier alpha value is -0.0800. The maximum Gasteiger partial charge on any atom is 0.0749 e. The molecule has 0 aromatic carbocycles.